The highest BCUT2D eigenvalue weighted by atomic mass is 16.5. The molecule has 2 rings (SSSR count). The number of carbonyl (C=O) groups excluding carboxylic acids is 1. The van der Waals surface area contributed by atoms with Gasteiger partial charge in [-0.2, -0.15) is 4.98 Å². The molecule has 2 heterocycles. The first-order chi connectivity index (χ1) is 10.2. The van der Waals surface area contributed by atoms with Gasteiger partial charge in [-0.1, -0.05) is 0 Å². The monoisotopic (exact) mass is 296 g/mol. The van der Waals surface area contributed by atoms with Crippen molar-refractivity contribution in [3.63, 3.8) is 0 Å². The number of nitrogens with zero attached hydrogens (tertiary/aromatic N) is 3. The fraction of sp³-hybridized carbons (Fsp3) is 0.615. The molecule has 0 bridgehead atoms. The summed E-state index contributed by atoms with van der Waals surface area (Å²) in [5, 5.41) is 2.73. The smallest absolute Gasteiger partial charge is 0.323 e. The molecule has 1 fully saturated rings. The third-order valence-electron chi connectivity index (χ3n) is 3.20. The van der Waals surface area contributed by atoms with Crippen molar-refractivity contribution in [2.45, 2.75) is 12.5 Å². The van der Waals surface area contributed by atoms with Crippen LogP contribution in [0, 0.1) is 0 Å². The summed E-state index contributed by atoms with van der Waals surface area (Å²) in [6.45, 7) is 2.16. The van der Waals surface area contributed by atoms with Crippen molar-refractivity contribution < 1.29 is 19.0 Å². The van der Waals surface area contributed by atoms with E-state index in [1.165, 1.54) is 19.5 Å². The van der Waals surface area contributed by atoms with Crippen LogP contribution in [0.25, 0.3) is 0 Å². The van der Waals surface area contributed by atoms with Crippen LogP contribution >= 0.6 is 0 Å². The summed E-state index contributed by atoms with van der Waals surface area (Å²) in [6.07, 6.45) is 3.69. The normalized spacial score (nSPS) is 18.4. The van der Waals surface area contributed by atoms with E-state index in [1.807, 2.05) is 0 Å². The standard InChI is InChI=1S/C13H20N4O4/c1-19-5-3-10-9-21-6-4-17(10)13(18)16-11-7-14-8-12(15-11)20-2/h7-8,10H,3-6,9H2,1-2H3,(H,15,16,18). The van der Waals surface area contributed by atoms with Crippen molar-refractivity contribution in [2.24, 2.45) is 0 Å². The Balaban J connectivity index is 1.99. The van der Waals surface area contributed by atoms with E-state index >= 15 is 0 Å². The van der Waals surface area contributed by atoms with E-state index in [2.05, 4.69) is 15.3 Å². The molecule has 1 unspecified atom stereocenters. The molecular formula is C13H20N4O4. The molecule has 8 nitrogen and oxygen atoms in total. The summed E-state index contributed by atoms with van der Waals surface area (Å²) in [6, 6.07) is -0.223. The van der Waals surface area contributed by atoms with Gasteiger partial charge in [0, 0.05) is 20.3 Å². The quantitative estimate of drug-likeness (QED) is 0.863. The number of anilines is 1. The van der Waals surface area contributed by atoms with Crippen molar-refractivity contribution in [2.75, 3.05) is 45.9 Å². The highest BCUT2D eigenvalue weighted by Gasteiger charge is 2.27. The second kappa shape index (κ2) is 7.75. The molecule has 0 aliphatic carbocycles. The molecule has 1 aliphatic heterocycles. The molecule has 0 spiro atoms. The zero-order valence-corrected chi connectivity index (χ0v) is 12.2. The number of ether oxygens (including phenoxy) is 3. The van der Waals surface area contributed by atoms with Gasteiger partial charge in [-0.3, -0.25) is 10.3 Å². The van der Waals surface area contributed by atoms with Crippen LogP contribution in [0.1, 0.15) is 6.42 Å². The summed E-state index contributed by atoms with van der Waals surface area (Å²) in [7, 11) is 3.14. The van der Waals surface area contributed by atoms with Crippen molar-refractivity contribution in [3.8, 4) is 5.88 Å². The molecule has 1 atom stereocenters. The number of amides is 2. The predicted octanol–water partition coefficient (Wildman–Crippen LogP) is 0.754. The summed E-state index contributed by atoms with van der Waals surface area (Å²) >= 11 is 0. The predicted molar refractivity (Wildman–Crippen MR) is 75.4 cm³/mol. The van der Waals surface area contributed by atoms with E-state index in [-0.39, 0.29) is 12.1 Å². The number of nitrogens with one attached hydrogen (secondary N) is 1. The number of carbonyl (C=O) groups is 1. The average molecular weight is 296 g/mol. The third kappa shape index (κ3) is 4.27. The van der Waals surface area contributed by atoms with Crippen LogP contribution in [0.15, 0.2) is 12.4 Å². The molecule has 0 saturated carbocycles. The lowest BCUT2D eigenvalue weighted by Crippen LogP contribution is -2.50. The second-order valence-corrected chi connectivity index (χ2v) is 4.58. The minimum atomic E-state index is -0.220. The number of urea groups is 1. The van der Waals surface area contributed by atoms with Crippen LogP contribution in [0.3, 0.4) is 0 Å². The Hall–Kier alpha value is -1.93. The maximum Gasteiger partial charge on any atom is 0.323 e. The van der Waals surface area contributed by atoms with Gasteiger partial charge in [0.25, 0.3) is 0 Å². The fourth-order valence-electron chi connectivity index (χ4n) is 2.10. The van der Waals surface area contributed by atoms with Crippen molar-refractivity contribution in [3.05, 3.63) is 12.4 Å². The molecule has 0 aromatic carbocycles. The maximum atomic E-state index is 12.4. The summed E-state index contributed by atoms with van der Waals surface area (Å²) in [4.78, 5) is 22.2. The van der Waals surface area contributed by atoms with Crippen LogP contribution in [0.2, 0.25) is 0 Å². The molecular weight excluding hydrogens is 276 g/mol. The molecule has 0 radical (unpaired) electrons. The van der Waals surface area contributed by atoms with Crippen molar-refractivity contribution >= 4 is 11.8 Å². The van der Waals surface area contributed by atoms with Crippen LogP contribution in [-0.4, -0.2) is 67.5 Å². The van der Waals surface area contributed by atoms with E-state index in [0.717, 1.165) is 6.42 Å². The summed E-state index contributed by atoms with van der Waals surface area (Å²) in [5.41, 5.74) is 0. The lowest BCUT2D eigenvalue weighted by Gasteiger charge is -2.35. The number of rotatable bonds is 5. The van der Waals surface area contributed by atoms with Gasteiger partial charge in [0.2, 0.25) is 5.88 Å². The topological polar surface area (TPSA) is 85.8 Å². The van der Waals surface area contributed by atoms with Gasteiger partial charge >= 0.3 is 6.03 Å². The number of methoxy groups -OCH3 is 2. The first kappa shape index (κ1) is 15.5. The van der Waals surface area contributed by atoms with Gasteiger partial charge in [-0.25, -0.2) is 4.79 Å². The van der Waals surface area contributed by atoms with Gasteiger partial charge in [-0.15, -0.1) is 0 Å². The first-order valence-electron chi connectivity index (χ1n) is 6.75. The Bertz CT molecular complexity index is 471. The minimum absolute atomic E-state index is 0.00253. The molecule has 1 aromatic heterocycles. The van der Waals surface area contributed by atoms with Gasteiger partial charge in [0.15, 0.2) is 5.82 Å². The van der Waals surface area contributed by atoms with E-state index in [9.17, 15) is 4.79 Å². The SMILES string of the molecule is COCCC1COCCN1C(=O)Nc1cncc(OC)n1. The van der Waals surface area contributed by atoms with Gasteiger partial charge in [-0.05, 0) is 6.42 Å². The highest BCUT2D eigenvalue weighted by Crippen LogP contribution is 2.14. The van der Waals surface area contributed by atoms with E-state index in [1.54, 1.807) is 12.0 Å². The third-order valence-corrected chi connectivity index (χ3v) is 3.20. The Morgan fingerprint density at radius 2 is 2.38 bits per heavy atom. The van der Waals surface area contributed by atoms with E-state index in [4.69, 9.17) is 14.2 Å². The van der Waals surface area contributed by atoms with E-state index in [0.29, 0.717) is 38.1 Å². The van der Waals surface area contributed by atoms with Crippen molar-refractivity contribution in [1.82, 2.24) is 14.9 Å². The average Bonchev–Trinajstić information content (AvgIpc) is 2.53. The van der Waals surface area contributed by atoms with Gasteiger partial charge in [0.1, 0.15) is 0 Å². The molecule has 21 heavy (non-hydrogen) atoms. The number of hydrogen-bond donors (Lipinski definition) is 1. The Morgan fingerprint density at radius 1 is 1.52 bits per heavy atom. The molecule has 1 N–H and O–H groups in total. The lowest BCUT2D eigenvalue weighted by molar-refractivity contribution is 0.00447. The van der Waals surface area contributed by atoms with Crippen LogP contribution in [0.4, 0.5) is 10.6 Å². The Morgan fingerprint density at radius 3 is 3.14 bits per heavy atom. The number of aromatic nitrogens is 2. The zero-order chi connectivity index (χ0) is 15.1. The molecule has 2 amide bonds. The Labute approximate surface area is 123 Å². The van der Waals surface area contributed by atoms with Crippen molar-refractivity contribution in [1.29, 1.82) is 0 Å². The van der Waals surface area contributed by atoms with Gasteiger partial charge < -0.3 is 19.1 Å². The molecule has 1 aromatic rings. The van der Waals surface area contributed by atoms with Gasteiger partial charge in [0.05, 0.1) is 38.8 Å². The fourth-order valence-corrected chi connectivity index (χ4v) is 2.10. The largest absolute Gasteiger partial charge is 0.480 e. The number of morpholine rings is 1. The minimum Gasteiger partial charge on any atom is -0.480 e. The van der Waals surface area contributed by atoms with Crippen LogP contribution in [0.5, 0.6) is 5.88 Å². The summed E-state index contributed by atoms with van der Waals surface area (Å²) in [5.74, 6) is 0.710. The van der Waals surface area contributed by atoms with E-state index < -0.39 is 0 Å². The molecule has 1 aliphatic rings. The van der Waals surface area contributed by atoms with Crippen LogP contribution < -0.4 is 10.1 Å². The molecule has 116 valence electrons. The first-order valence-corrected chi connectivity index (χ1v) is 6.75. The maximum absolute atomic E-state index is 12.4. The highest BCUT2D eigenvalue weighted by molar-refractivity contribution is 5.88. The van der Waals surface area contributed by atoms with Crippen LogP contribution in [-0.2, 0) is 9.47 Å². The number of hydrogen-bond acceptors (Lipinski definition) is 6. The summed E-state index contributed by atoms with van der Waals surface area (Å²) < 4.78 is 15.5. The zero-order valence-electron chi connectivity index (χ0n) is 12.2. The Kier molecular flexibility index (Phi) is 5.70. The molecule has 8 heteroatoms. The second-order valence-electron chi connectivity index (χ2n) is 4.58. The molecule has 1 saturated heterocycles. The lowest BCUT2D eigenvalue weighted by atomic mass is 10.2.